The molecule has 5 N–H and O–H groups in total. The summed E-state index contributed by atoms with van der Waals surface area (Å²) in [4.78, 5) is 23.9. The van der Waals surface area contributed by atoms with Gasteiger partial charge in [0, 0.05) is 53.0 Å². The number of ether oxygens (including phenoxy) is 1. The number of nitrogens with one attached hydrogen (secondary N) is 3. The molecule has 7 nitrogen and oxygen atoms in total. The van der Waals surface area contributed by atoms with Crippen LogP contribution in [0.4, 0.5) is 5.69 Å². The van der Waals surface area contributed by atoms with Gasteiger partial charge in [-0.15, -0.1) is 0 Å². The molecule has 3 aromatic heterocycles. The molecule has 0 radical (unpaired) electrons. The first-order valence-corrected chi connectivity index (χ1v) is 13.3. The number of hydrogen-bond acceptors (Lipinski definition) is 4. The first kappa shape index (κ1) is 24.9. The van der Waals surface area contributed by atoms with E-state index in [-0.39, 0.29) is 23.3 Å². The zero-order chi connectivity index (χ0) is 27.0. The smallest absolute Gasteiger partial charge is 0.232 e. The van der Waals surface area contributed by atoms with Crippen molar-refractivity contribution in [1.82, 2.24) is 15.0 Å². The minimum atomic E-state index is -0.264. The number of benzene rings is 2. The lowest BCUT2D eigenvalue weighted by molar-refractivity contribution is -0.119. The molecule has 2 atom stereocenters. The normalized spacial score (nSPS) is 15.8. The Morgan fingerprint density at radius 1 is 1.05 bits per heavy atom. The summed E-state index contributed by atoms with van der Waals surface area (Å²) in [6.07, 6.45) is 11.0. The standard InChI is InChI=1S/C32H33N5O2/c1-32(2,14-20-9-10-34-15-20)30-27-13-21(7-8-29(27)37-31(30)38)22-12-25(18-35-16-22)39-19-24(33)11-23-17-36-28-6-4-3-5-26(23)28/h3-10,12-13,15-18,24,30,34,36H,11,14,19,33H2,1-2H3,(H,37,38)/t24-,30?/m0/s1. The van der Waals surface area contributed by atoms with Crippen LogP contribution in [0.25, 0.3) is 22.0 Å². The number of aromatic nitrogens is 3. The van der Waals surface area contributed by atoms with Crippen LogP contribution in [-0.2, 0) is 17.6 Å². The van der Waals surface area contributed by atoms with Crippen molar-refractivity contribution in [3.63, 3.8) is 0 Å². The summed E-state index contributed by atoms with van der Waals surface area (Å²) in [6.45, 7) is 4.69. The largest absolute Gasteiger partial charge is 0.490 e. The molecule has 0 saturated carbocycles. The summed E-state index contributed by atoms with van der Waals surface area (Å²) in [5.74, 6) is 0.459. The molecule has 39 heavy (non-hydrogen) atoms. The molecule has 1 aliphatic rings. The Morgan fingerprint density at radius 3 is 2.77 bits per heavy atom. The van der Waals surface area contributed by atoms with Gasteiger partial charge in [-0.05, 0) is 70.8 Å². The van der Waals surface area contributed by atoms with Crippen LogP contribution in [0.5, 0.6) is 5.75 Å². The van der Waals surface area contributed by atoms with E-state index in [1.807, 2.05) is 55.1 Å². The molecule has 0 saturated heterocycles. The molecule has 4 heterocycles. The van der Waals surface area contributed by atoms with E-state index in [2.05, 4.69) is 58.4 Å². The van der Waals surface area contributed by atoms with Gasteiger partial charge in [0.05, 0.1) is 12.1 Å². The number of amides is 1. The fraction of sp³-hybridized carbons (Fsp3) is 0.250. The van der Waals surface area contributed by atoms with Crippen LogP contribution in [0.15, 0.2) is 85.6 Å². The maximum Gasteiger partial charge on any atom is 0.232 e. The van der Waals surface area contributed by atoms with Crippen LogP contribution < -0.4 is 15.8 Å². The third-order valence-electron chi connectivity index (χ3n) is 7.65. The average Bonchev–Trinajstić information content (AvgIpc) is 3.66. The predicted octanol–water partition coefficient (Wildman–Crippen LogP) is 5.81. The van der Waals surface area contributed by atoms with Gasteiger partial charge in [0.1, 0.15) is 12.4 Å². The molecule has 1 unspecified atom stereocenters. The Labute approximate surface area is 227 Å². The van der Waals surface area contributed by atoms with Gasteiger partial charge in [0.25, 0.3) is 0 Å². The van der Waals surface area contributed by atoms with Crippen LogP contribution in [0.3, 0.4) is 0 Å². The number of nitrogens with two attached hydrogens (primary N) is 1. The molecule has 0 fully saturated rings. The molecule has 198 valence electrons. The molecule has 1 amide bonds. The van der Waals surface area contributed by atoms with E-state index >= 15 is 0 Å². The Hall–Kier alpha value is -4.36. The van der Waals surface area contributed by atoms with Crippen molar-refractivity contribution >= 4 is 22.5 Å². The number of rotatable bonds is 9. The fourth-order valence-electron chi connectivity index (χ4n) is 5.81. The highest BCUT2D eigenvalue weighted by Gasteiger charge is 2.42. The van der Waals surface area contributed by atoms with Gasteiger partial charge in [-0.25, -0.2) is 0 Å². The quantitative estimate of drug-likeness (QED) is 0.197. The summed E-state index contributed by atoms with van der Waals surface area (Å²) in [7, 11) is 0. The first-order valence-electron chi connectivity index (χ1n) is 13.3. The summed E-state index contributed by atoms with van der Waals surface area (Å²) in [5, 5.41) is 4.27. The highest BCUT2D eigenvalue weighted by molar-refractivity contribution is 6.04. The number of H-pyrrole nitrogens is 2. The maximum absolute atomic E-state index is 13.1. The number of carbonyl (C=O) groups is 1. The van der Waals surface area contributed by atoms with Crippen LogP contribution in [0.1, 0.15) is 36.5 Å². The van der Waals surface area contributed by atoms with Crippen molar-refractivity contribution in [2.75, 3.05) is 11.9 Å². The van der Waals surface area contributed by atoms with Gasteiger partial charge in [0.2, 0.25) is 5.91 Å². The summed E-state index contributed by atoms with van der Waals surface area (Å²) in [5.41, 5.74) is 13.5. The number of aromatic amines is 2. The fourth-order valence-corrected chi connectivity index (χ4v) is 5.81. The molecular formula is C32H33N5O2. The van der Waals surface area contributed by atoms with E-state index in [4.69, 9.17) is 10.5 Å². The van der Waals surface area contributed by atoms with Crippen LogP contribution in [0, 0.1) is 5.41 Å². The lowest BCUT2D eigenvalue weighted by atomic mass is 9.72. The molecule has 7 heteroatoms. The number of fused-ring (bicyclic) bond motifs is 2. The van der Waals surface area contributed by atoms with Crippen LogP contribution >= 0.6 is 0 Å². The number of para-hydroxylation sites is 1. The Bertz CT molecular complexity index is 1620. The Kier molecular flexibility index (Phi) is 6.45. The predicted molar refractivity (Wildman–Crippen MR) is 155 cm³/mol. The molecule has 2 aromatic carbocycles. The molecule has 0 spiro atoms. The van der Waals surface area contributed by atoms with E-state index in [0.717, 1.165) is 34.3 Å². The van der Waals surface area contributed by atoms with Crippen molar-refractivity contribution in [1.29, 1.82) is 0 Å². The van der Waals surface area contributed by atoms with E-state index in [1.54, 1.807) is 6.20 Å². The van der Waals surface area contributed by atoms with Gasteiger partial charge in [-0.3, -0.25) is 9.78 Å². The minimum absolute atomic E-state index is 0.0436. The maximum atomic E-state index is 13.1. The molecule has 1 aliphatic heterocycles. The highest BCUT2D eigenvalue weighted by Crippen LogP contribution is 2.46. The number of anilines is 1. The Morgan fingerprint density at radius 2 is 1.92 bits per heavy atom. The zero-order valence-corrected chi connectivity index (χ0v) is 22.2. The highest BCUT2D eigenvalue weighted by atomic mass is 16.5. The molecule has 5 aromatic rings. The van der Waals surface area contributed by atoms with E-state index in [1.165, 1.54) is 16.5 Å². The summed E-state index contributed by atoms with van der Waals surface area (Å²) in [6, 6.07) is 18.2. The van der Waals surface area contributed by atoms with E-state index < -0.39 is 0 Å². The monoisotopic (exact) mass is 519 g/mol. The van der Waals surface area contributed by atoms with Crippen molar-refractivity contribution in [3.05, 3.63) is 102 Å². The van der Waals surface area contributed by atoms with Crippen LogP contribution in [0.2, 0.25) is 0 Å². The lowest BCUT2D eigenvalue weighted by Crippen LogP contribution is -2.30. The van der Waals surface area contributed by atoms with Gasteiger partial charge in [0.15, 0.2) is 0 Å². The summed E-state index contributed by atoms with van der Waals surface area (Å²) >= 11 is 0. The third-order valence-corrected chi connectivity index (χ3v) is 7.65. The third kappa shape index (κ3) is 5.05. The van der Waals surface area contributed by atoms with E-state index in [9.17, 15) is 4.79 Å². The van der Waals surface area contributed by atoms with Gasteiger partial charge in [-0.2, -0.15) is 0 Å². The van der Waals surface area contributed by atoms with Gasteiger partial charge in [-0.1, -0.05) is 38.1 Å². The van der Waals surface area contributed by atoms with Crippen molar-refractivity contribution in [2.24, 2.45) is 11.1 Å². The lowest BCUT2D eigenvalue weighted by Gasteiger charge is -2.30. The number of carbonyl (C=O) groups excluding carboxylic acids is 1. The second kappa shape index (κ2) is 10.1. The zero-order valence-electron chi connectivity index (χ0n) is 22.2. The van der Waals surface area contributed by atoms with Crippen LogP contribution in [-0.4, -0.2) is 33.5 Å². The Balaban J connectivity index is 1.17. The second-order valence-electron chi connectivity index (χ2n) is 11.2. The number of hydrogen-bond donors (Lipinski definition) is 4. The first-order chi connectivity index (χ1) is 18.9. The molecule has 6 rings (SSSR count). The molecule has 0 aliphatic carbocycles. The van der Waals surface area contributed by atoms with Crippen molar-refractivity contribution in [3.8, 4) is 16.9 Å². The number of pyridine rings is 1. The minimum Gasteiger partial charge on any atom is -0.490 e. The topological polar surface area (TPSA) is 109 Å². The SMILES string of the molecule is CC(C)(Cc1cc[nH]c1)C1C(=O)Nc2ccc(-c3cncc(OC[C@@H](N)Cc4c[nH]c5ccccc45)c3)cc21. The molecule has 0 bridgehead atoms. The van der Waals surface area contributed by atoms with Gasteiger partial charge < -0.3 is 25.8 Å². The summed E-state index contributed by atoms with van der Waals surface area (Å²) < 4.78 is 6.07. The van der Waals surface area contributed by atoms with Crippen molar-refractivity contribution in [2.45, 2.75) is 38.6 Å². The molecular weight excluding hydrogens is 486 g/mol. The van der Waals surface area contributed by atoms with Crippen molar-refractivity contribution < 1.29 is 9.53 Å². The van der Waals surface area contributed by atoms with Gasteiger partial charge >= 0.3 is 0 Å². The average molecular weight is 520 g/mol. The second-order valence-corrected chi connectivity index (χ2v) is 11.2. The number of nitrogens with zero attached hydrogens (tertiary/aromatic N) is 1. The van der Waals surface area contributed by atoms with E-state index in [0.29, 0.717) is 18.8 Å².